The number of carbonyl (C=O) groups is 1. The second-order valence-electron chi connectivity index (χ2n) is 9.18. The number of nitrogens with two attached hydrogens (primary N) is 1. The van der Waals surface area contributed by atoms with Crippen LogP contribution in [0.5, 0.6) is 0 Å². The Bertz CT molecular complexity index is 702. The van der Waals surface area contributed by atoms with Crippen molar-refractivity contribution in [1.82, 2.24) is 0 Å². The molecule has 1 aliphatic rings. The van der Waals surface area contributed by atoms with Crippen LogP contribution in [0.4, 0.5) is 0 Å². The third-order valence-electron chi connectivity index (χ3n) is 6.72. The van der Waals surface area contributed by atoms with E-state index in [1.54, 1.807) is 6.07 Å². The molecule has 0 heterocycles. The predicted octanol–water partition coefficient (Wildman–Crippen LogP) is 7.44. The van der Waals surface area contributed by atoms with Gasteiger partial charge in [0.15, 0.2) is 5.60 Å². The summed E-state index contributed by atoms with van der Waals surface area (Å²) < 4.78 is 0. The molecule has 3 nitrogen and oxygen atoms in total. The number of hydrogen-bond acceptors (Lipinski definition) is 2. The van der Waals surface area contributed by atoms with Crippen molar-refractivity contribution in [3.05, 3.63) is 41.5 Å². The monoisotopic (exact) mass is 447 g/mol. The van der Waals surface area contributed by atoms with E-state index in [1.807, 2.05) is 24.3 Å². The second kappa shape index (κ2) is 14.0. The molecule has 0 saturated carbocycles. The lowest BCUT2D eigenvalue weighted by Gasteiger charge is -2.37. The van der Waals surface area contributed by atoms with Crippen molar-refractivity contribution in [3.63, 3.8) is 0 Å². The van der Waals surface area contributed by atoms with E-state index in [4.69, 9.17) is 17.3 Å². The minimum Gasteiger partial charge on any atom is -0.375 e. The molecule has 2 atom stereocenters. The molecule has 0 saturated heterocycles. The Kier molecular flexibility index (Phi) is 11.7. The molecule has 0 spiro atoms. The highest BCUT2D eigenvalue weighted by atomic mass is 35.5. The van der Waals surface area contributed by atoms with E-state index in [0.29, 0.717) is 22.6 Å². The Morgan fingerprint density at radius 2 is 1.39 bits per heavy atom. The first-order chi connectivity index (χ1) is 15.0. The first-order valence-corrected chi connectivity index (χ1v) is 12.9. The highest BCUT2D eigenvalue weighted by molar-refractivity contribution is 6.49. The van der Waals surface area contributed by atoms with Crippen LogP contribution in [0.25, 0.3) is 5.03 Å². The summed E-state index contributed by atoms with van der Waals surface area (Å²) in [6.45, 7) is 2.27. The number of unbranched alkanes of at least 4 members (excludes halogenated alkanes) is 13. The fourth-order valence-electron chi connectivity index (χ4n) is 4.78. The van der Waals surface area contributed by atoms with Crippen LogP contribution in [0, 0.1) is 5.92 Å². The summed E-state index contributed by atoms with van der Waals surface area (Å²) in [5, 5.41) is 11.8. The van der Waals surface area contributed by atoms with Crippen LogP contribution in [0.2, 0.25) is 0 Å². The quantitative estimate of drug-likeness (QED) is 0.258. The first kappa shape index (κ1) is 25.9. The van der Waals surface area contributed by atoms with E-state index in [2.05, 4.69) is 6.92 Å². The van der Waals surface area contributed by atoms with E-state index in [1.165, 1.54) is 77.0 Å². The number of amides is 1. The minimum atomic E-state index is -1.68. The van der Waals surface area contributed by atoms with E-state index < -0.39 is 11.5 Å². The fraction of sp³-hybridized carbons (Fsp3) is 0.667. The van der Waals surface area contributed by atoms with Crippen LogP contribution < -0.4 is 5.73 Å². The number of hydrogen-bond donors (Lipinski definition) is 2. The van der Waals surface area contributed by atoms with E-state index in [0.717, 1.165) is 12.8 Å². The lowest BCUT2D eigenvalue weighted by atomic mass is 9.72. The Hall–Kier alpha value is -1.32. The summed E-state index contributed by atoms with van der Waals surface area (Å²) in [7, 11) is 0. The van der Waals surface area contributed by atoms with Crippen LogP contribution in [0.1, 0.15) is 114 Å². The van der Waals surface area contributed by atoms with Gasteiger partial charge in [-0.05, 0) is 12.0 Å². The molecule has 1 aliphatic carbocycles. The maximum Gasteiger partial charge on any atom is 0.254 e. The molecule has 2 rings (SSSR count). The molecular weight excluding hydrogens is 406 g/mol. The summed E-state index contributed by atoms with van der Waals surface area (Å²) >= 11 is 6.44. The average molecular weight is 448 g/mol. The van der Waals surface area contributed by atoms with E-state index in [9.17, 15) is 9.90 Å². The summed E-state index contributed by atoms with van der Waals surface area (Å²) in [5.41, 5.74) is 5.20. The fourth-order valence-corrected chi connectivity index (χ4v) is 5.09. The van der Waals surface area contributed by atoms with Gasteiger partial charge in [-0.15, -0.1) is 0 Å². The Labute approximate surface area is 194 Å². The molecule has 174 valence electrons. The molecule has 3 N–H and O–H groups in total. The Morgan fingerprint density at radius 3 is 1.90 bits per heavy atom. The maximum absolute atomic E-state index is 12.2. The van der Waals surface area contributed by atoms with Gasteiger partial charge in [-0.3, -0.25) is 4.79 Å². The van der Waals surface area contributed by atoms with Gasteiger partial charge < -0.3 is 10.8 Å². The number of carbonyl (C=O) groups excluding carboxylic acids is 1. The minimum absolute atomic E-state index is 0.371. The first-order valence-electron chi connectivity index (χ1n) is 12.5. The summed E-state index contributed by atoms with van der Waals surface area (Å²) in [4.78, 5) is 12.2. The Morgan fingerprint density at radius 1 is 0.903 bits per heavy atom. The molecule has 1 amide bonds. The van der Waals surface area contributed by atoms with Crippen LogP contribution in [-0.2, 0) is 10.4 Å². The van der Waals surface area contributed by atoms with Crippen LogP contribution in [-0.4, -0.2) is 11.0 Å². The van der Waals surface area contributed by atoms with Gasteiger partial charge in [-0.1, -0.05) is 139 Å². The summed E-state index contributed by atoms with van der Waals surface area (Å²) in [6.07, 6.45) is 20.8. The molecule has 1 aromatic rings. The number of fused-ring (bicyclic) bond motifs is 1. The smallest absolute Gasteiger partial charge is 0.254 e. The van der Waals surface area contributed by atoms with Crippen molar-refractivity contribution in [2.75, 3.05) is 0 Å². The van der Waals surface area contributed by atoms with Crippen molar-refractivity contribution >= 4 is 22.5 Å². The lowest BCUT2D eigenvalue weighted by Crippen LogP contribution is -2.48. The van der Waals surface area contributed by atoms with Crippen LogP contribution >= 0.6 is 11.6 Å². The van der Waals surface area contributed by atoms with Crippen molar-refractivity contribution in [3.8, 4) is 0 Å². The van der Waals surface area contributed by atoms with Gasteiger partial charge in [0, 0.05) is 16.5 Å². The molecule has 0 aliphatic heterocycles. The van der Waals surface area contributed by atoms with E-state index in [-0.39, 0.29) is 5.92 Å². The molecule has 31 heavy (non-hydrogen) atoms. The zero-order valence-corrected chi connectivity index (χ0v) is 20.1. The number of benzene rings is 1. The highest BCUT2D eigenvalue weighted by Crippen LogP contribution is 2.44. The summed E-state index contributed by atoms with van der Waals surface area (Å²) in [6, 6.07) is 7.24. The van der Waals surface area contributed by atoms with Gasteiger partial charge in [-0.25, -0.2) is 0 Å². The zero-order chi connectivity index (χ0) is 22.5. The normalized spacial score (nSPS) is 20.4. The molecule has 0 aromatic heterocycles. The van der Waals surface area contributed by atoms with Crippen molar-refractivity contribution in [2.45, 2.75) is 109 Å². The largest absolute Gasteiger partial charge is 0.375 e. The van der Waals surface area contributed by atoms with E-state index >= 15 is 0 Å². The average Bonchev–Trinajstić information content (AvgIpc) is 2.77. The van der Waals surface area contributed by atoms with Crippen LogP contribution in [0.3, 0.4) is 0 Å². The SMILES string of the molecule is CCCCCCCCCCCCCCCCC1C=C(Cl)c2ccccc2C1(O)C(N)=O. The van der Waals surface area contributed by atoms with Gasteiger partial charge in [0.1, 0.15) is 0 Å². The molecule has 1 aromatic carbocycles. The zero-order valence-electron chi connectivity index (χ0n) is 19.4. The Balaban J connectivity index is 1.62. The van der Waals surface area contributed by atoms with Gasteiger partial charge >= 0.3 is 0 Å². The summed E-state index contributed by atoms with van der Waals surface area (Å²) in [5.74, 6) is -1.07. The van der Waals surface area contributed by atoms with Gasteiger partial charge in [-0.2, -0.15) is 0 Å². The molecule has 0 radical (unpaired) electrons. The third kappa shape index (κ3) is 7.64. The highest BCUT2D eigenvalue weighted by Gasteiger charge is 2.46. The van der Waals surface area contributed by atoms with Crippen molar-refractivity contribution in [1.29, 1.82) is 0 Å². The molecule has 4 heteroatoms. The van der Waals surface area contributed by atoms with Gasteiger partial charge in [0.25, 0.3) is 5.91 Å². The standard InChI is InChI=1S/C27H42ClNO2/c1-2-3-4-5-6-7-8-9-10-11-12-13-14-15-18-22-21-25(28)23-19-16-17-20-24(23)27(22,31)26(29)30/h16-17,19-22,31H,2-15,18H2,1H3,(H2,29,30). The number of rotatable bonds is 16. The maximum atomic E-state index is 12.2. The van der Waals surface area contributed by atoms with Crippen LogP contribution in [0.15, 0.2) is 30.3 Å². The van der Waals surface area contributed by atoms with Gasteiger partial charge in [0.05, 0.1) is 0 Å². The number of aliphatic hydroxyl groups is 1. The predicted molar refractivity (Wildman–Crippen MR) is 132 cm³/mol. The second-order valence-corrected chi connectivity index (χ2v) is 9.59. The number of halogens is 1. The van der Waals surface area contributed by atoms with Gasteiger partial charge in [0.2, 0.25) is 0 Å². The lowest BCUT2D eigenvalue weighted by molar-refractivity contribution is -0.142. The van der Waals surface area contributed by atoms with Crippen molar-refractivity contribution in [2.24, 2.45) is 11.7 Å². The molecule has 0 bridgehead atoms. The molecular formula is C27H42ClNO2. The number of primary amides is 1. The van der Waals surface area contributed by atoms with Crippen molar-refractivity contribution < 1.29 is 9.90 Å². The third-order valence-corrected chi connectivity index (χ3v) is 7.05. The topological polar surface area (TPSA) is 63.3 Å². The molecule has 0 fully saturated rings. The molecule has 2 unspecified atom stereocenters.